The molecule has 1 aliphatic heterocycles. The molecular weight excluding hydrogens is 394 g/mol. The first-order chi connectivity index (χ1) is 13.7. The number of hydrogen-bond acceptors (Lipinski definition) is 5. The molecule has 2 unspecified atom stereocenters. The van der Waals surface area contributed by atoms with E-state index in [-0.39, 0.29) is 28.0 Å². The number of anilines is 1. The Balaban J connectivity index is 1.79. The smallest absolute Gasteiger partial charge is 0.269 e. The van der Waals surface area contributed by atoms with Crippen molar-refractivity contribution in [3.8, 4) is 0 Å². The number of sulfonamides is 1. The van der Waals surface area contributed by atoms with Gasteiger partial charge in [-0.15, -0.1) is 0 Å². The number of carbonyl (C=O) groups is 1. The van der Waals surface area contributed by atoms with Crippen LogP contribution in [0, 0.1) is 22.0 Å². The molecule has 2 atom stereocenters. The molecule has 3 rings (SSSR count). The number of nitro groups is 1. The highest BCUT2D eigenvalue weighted by Gasteiger charge is 2.32. The van der Waals surface area contributed by atoms with Gasteiger partial charge < -0.3 is 5.32 Å². The molecule has 0 spiro atoms. The van der Waals surface area contributed by atoms with Crippen molar-refractivity contribution in [3.05, 3.63) is 64.2 Å². The normalized spacial score (nSPS) is 20.2. The summed E-state index contributed by atoms with van der Waals surface area (Å²) in [6.07, 6.45) is 0.990. The molecule has 154 valence electrons. The predicted molar refractivity (Wildman–Crippen MR) is 109 cm³/mol. The zero-order valence-electron chi connectivity index (χ0n) is 16.2. The monoisotopic (exact) mass is 417 g/mol. The summed E-state index contributed by atoms with van der Waals surface area (Å²) in [5.41, 5.74) is 0.496. The minimum atomic E-state index is -3.69. The van der Waals surface area contributed by atoms with Crippen molar-refractivity contribution < 1.29 is 18.1 Å². The molecule has 1 N–H and O–H groups in total. The number of hydrogen-bond donors (Lipinski definition) is 1. The number of nitro benzene ring substituents is 1. The highest BCUT2D eigenvalue weighted by molar-refractivity contribution is 7.89. The van der Waals surface area contributed by atoms with Gasteiger partial charge in [-0.2, -0.15) is 4.31 Å². The van der Waals surface area contributed by atoms with Crippen LogP contribution in [-0.4, -0.2) is 36.6 Å². The number of benzene rings is 2. The molecule has 0 bridgehead atoms. The lowest BCUT2D eigenvalue weighted by Gasteiger charge is -2.34. The van der Waals surface area contributed by atoms with Crippen LogP contribution >= 0.6 is 0 Å². The Hall–Kier alpha value is -2.78. The third kappa shape index (κ3) is 4.80. The van der Waals surface area contributed by atoms with Crippen molar-refractivity contribution >= 4 is 27.3 Å². The third-order valence-electron chi connectivity index (χ3n) is 4.91. The Labute approximate surface area is 169 Å². The van der Waals surface area contributed by atoms with Crippen molar-refractivity contribution in [2.75, 3.05) is 18.4 Å². The van der Waals surface area contributed by atoms with Gasteiger partial charge in [0.1, 0.15) is 0 Å². The first-order valence-corrected chi connectivity index (χ1v) is 10.8. The molecule has 1 amide bonds. The summed E-state index contributed by atoms with van der Waals surface area (Å²) in [4.78, 5) is 22.8. The summed E-state index contributed by atoms with van der Waals surface area (Å²) in [5.74, 6) is 0.0700. The van der Waals surface area contributed by atoms with Crippen LogP contribution in [0.4, 0.5) is 11.4 Å². The SMILES string of the molecule is CC1CC(C)CN(S(=O)(=O)c2cccc(C(=O)Nc3ccc([N+](=O)[O-])cc3)c2)C1. The van der Waals surface area contributed by atoms with E-state index in [1.165, 1.54) is 52.8 Å². The molecule has 29 heavy (non-hydrogen) atoms. The van der Waals surface area contributed by atoms with Gasteiger partial charge in [-0.1, -0.05) is 19.9 Å². The van der Waals surface area contributed by atoms with Crippen LogP contribution < -0.4 is 5.32 Å². The fraction of sp³-hybridized carbons (Fsp3) is 0.350. The van der Waals surface area contributed by atoms with E-state index in [2.05, 4.69) is 5.32 Å². The van der Waals surface area contributed by atoms with Crippen LogP contribution in [0.15, 0.2) is 53.4 Å². The molecule has 1 saturated heterocycles. The van der Waals surface area contributed by atoms with Crippen LogP contribution in [0.5, 0.6) is 0 Å². The molecule has 9 heteroatoms. The number of piperidine rings is 1. The van der Waals surface area contributed by atoms with Gasteiger partial charge in [-0.3, -0.25) is 14.9 Å². The van der Waals surface area contributed by atoms with Gasteiger partial charge in [0.15, 0.2) is 0 Å². The van der Waals surface area contributed by atoms with Gasteiger partial charge in [0.2, 0.25) is 10.0 Å². The van der Waals surface area contributed by atoms with Gasteiger partial charge >= 0.3 is 0 Å². The van der Waals surface area contributed by atoms with Gasteiger partial charge in [-0.05, 0) is 48.6 Å². The lowest BCUT2D eigenvalue weighted by atomic mass is 9.94. The number of nitrogens with zero attached hydrogens (tertiary/aromatic N) is 2. The number of rotatable bonds is 5. The summed E-state index contributed by atoms with van der Waals surface area (Å²) in [6.45, 7) is 5.00. The minimum absolute atomic E-state index is 0.0788. The number of nitrogens with one attached hydrogen (secondary N) is 1. The lowest BCUT2D eigenvalue weighted by molar-refractivity contribution is -0.384. The average Bonchev–Trinajstić information content (AvgIpc) is 2.67. The molecule has 0 aliphatic carbocycles. The topological polar surface area (TPSA) is 110 Å². The molecule has 2 aromatic carbocycles. The van der Waals surface area contributed by atoms with Crippen LogP contribution in [0.3, 0.4) is 0 Å². The van der Waals surface area contributed by atoms with Gasteiger partial charge in [0, 0.05) is 36.5 Å². The second-order valence-electron chi connectivity index (χ2n) is 7.55. The van der Waals surface area contributed by atoms with E-state index in [9.17, 15) is 23.3 Å². The van der Waals surface area contributed by atoms with Crippen molar-refractivity contribution in [2.24, 2.45) is 11.8 Å². The Morgan fingerprint density at radius 3 is 2.31 bits per heavy atom. The molecular formula is C20H23N3O5S. The standard InChI is InChI=1S/C20H23N3O5S/c1-14-10-15(2)13-22(12-14)29(27,28)19-5-3-4-16(11-19)20(24)21-17-6-8-18(9-7-17)23(25)26/h3-9,11,14-15H,10,12-13H2,1-2H3,(H,21,24). The van der Waals surface area contributed by atoms with E-state index in [4.69, 9.17) is 0 Å². The maximum atomic E-state index is 13.0. The van der Waals surface area contributed by atoms with Crippen molar-refractivity contribution in [3.63, 3.8) is 0 Å². The Morgan fingerprint density at radius 2 is 1.72 bits per heavy atom. The van der Waals surface area contributed by atoms with E-state index < -0.39 is 20.9 Å². The second kappa shape index (κ2) is 8.30. The summed E-state index contributed by atoms with van der Waals surface area (Å²) < 4.78 is 27.6. The fourth-order valence-electron chi connectivity index (χ4n) is 3.62. The Bertz CT molecular complexity index is 1010. The maximum absolute atomic E-state index is 13.0. The third-order valence-corrected chi connectivity index (χ3v) is 6.73. The van der Waals surface area contributed by atoms with Crippen LogP contribution in [0.1, 0.15) is 30.6 Å². The molecule has 2 aromatic rings. The van der Waals surface area contributed by atoms with Crippen molar-refractivity contribution in [2.45, 2.75) is 25.2 Å². The van der Waals surface area contributed by atoms with E-state index >= 15 is 0 Å². The van der Waals surface area contributed by atoms with E-state index in [0.29, 0.717) is 18.8 Å². The number of non-ortho nitro benzene ring substituents is 1. The highest BCUT2D eigenvalue weighted by Crippen LogP contribution is 2.27. The number of carbonyl (C=O) groups excluding carboxylic acids is 1. The summed E-state index contributed by atoms with van der Waals surface area (Å²) in [7, 11) is -3.69. The summed E-state index contributed by atoms with van der Waals surface area (Å²) in [5, 5.41) is 13.3. The zero-order valence-corrected chi connectivity index (χ0v) is 17.1. The molecule has 8 nitrogen and oxygen atoms in total. The van der Waals surface area contributed by atoms with Crippen LogP contribution in [0.25, 0.3) is 0 Å². The van der Waals surface area contributed by atoms with E-state index in [1.54, 1.807) is 0 Å². The largest absolute Gasteiger partial charge is 0.322 e. The average molecular weight is 417 g/mol. The summed E-state index contributed by atoms with van der Waals surface area (Å²) >= 11 is 0. The first-order valence-electron chi connectivity index (χ1n) is 9.33. The second-order valence-corrected chi connectivity index (χ2v) is 9.49. The van der Waals surface area contributed by atoms with Crippen LogP contribution in [0.2, 0.25) is 0 Å². The lowest BCUT2D eigenvalue weighted by Crippen LogP contribution is -2.42. The van der Waals surface area contributed by atoms with Crippen LogP contribution in [-0.2, 0) is 10.0 Å². The van der Waals surface area contributed by atoms with Crippen molar-refractivity contribution in [1.82, 2.24) is 4.31 Å². The maximum Gasteiger partial charge on any atom is 0.269 e. The summed E-state index contributed by atoms with van der Waals surface area (Å²) in [6, 6.07) is 11.3. The van der Waals surface area contributed by atoms with E-state index in [1.807, 2.05) is 13.8 Å². The Morgan fingerprint density at radius 1 is 1.10 bits per heavy atom. The molecule has 0 aromatic heterocycles. The van der Waals surface area contributed by atoms with Gasteiger partial charge in [0.25, 0.3) is 11.6 Å². The molecule has 0 saturated carbocycles. The highest BCUT2D eigenvalue weighted by atomic mass is 32.2. The van der Waals surface area contributed by atoms with Gasteiger partial charge in [-0.25, -0.2) is 8.42 Å². The number of amides is 1. The Kier molecular flexibility index (Phi) is 5.99. The van der Waals surface area contributed by atoms with Gasteiger partial charge in [0.05, 0.1) is 9.82 Å². The molecule has 1 aliphatic rings. The first kappa shape index (κ1) is 20.9. The molecule has 1 fully saturated rings. The predicted octanol–water partition coefficient (Wildman–Crippen LogP) is 3.51. The quantitative estimate of drug-likeness (QED) is 0.591. The fourth-order valence-corrected chi connectivity index (χ4v) is 5.34. The van der Waals surface area contributed by atoms with Crippen molar-refractivity contribution in [1.29, 1.82) is 0 Å². The zero-order chi connectivity index (χ0) is 21.2. The molecule has 0 radical (unpaired) electrons. The molecule has 1 heterocycles. The minimum Gasteiger partial charge on any atom is -0.322 e. The van der Waals surface area contributed by atoms with E-state index in [0.717, 1.165) is 6.42 Å².